The molecule has 2 aromatic rings. The monoisotopic (exact) mass is 313 g/mol. The van der Waals surface area contributed by atoms with Gasteiger partial charge in [-0.05, 0) is 32.0 Å². The number of carbonyl (C=O) groups excluding carboxylic acids is 1. The molecule has 2 aliphatic heterocycles. The number of fused-ring (bicyclic) bond motifs is 1. The smallest absolute Gasteiger partial charge is 0.258 e. The van der Waals surface area contributed by atoms with Crippen molar-refractivity contribution in [2.45, 2.75) is 32.0 Å². The number of aryl methyl sites for hydroxylation is 1. The van der Waals surface area contributed by atoms with E-state index >= 15 is 0 Å². The van der Waals surface area contributed by atoms with Crippen LogP contribution in [0, 0.1) is 6.92 Å². The SMILES string of the molecule is Cc1cc(CN2CCCC3(C2)NC(=O)c2ccccc2O3)no1. The van der Waals surface area contributed by atoms with Gasteiger partial charge in [-0.1, -0.05) is 17.3 Å². The van der Waals surface area contributed by atoms with Gasteiger partial charge in [-0.15, -0.1) is 0 Å². The maximum atomic E-state index is 12.4. The molecule has 1 aromatic carbocycles. The standard InChI is InChI=1S/C17H19N3O3/c1-12-9-13(19-23-12)10-20-8-4-7-17(11-20)18-16(21)14-5-2-3-6-15(14)22-17/h2-3,5-6,9H,4,7-8,10-11H2,1H3,(H,18,21). The molecule has 0 radical (unpaired) electrons. The molecule has 6 heteroatoms. The molecule has 1 amide bonds. The highest BCUT2D eigenvalue weighted by molar-refractivity contribution is 5.98. The lowest BCUT2D eigenvalue weighted by atomic mass is 9.98. The number of hydrogen-bond acceptors (Lipinski definition) is 5. The first-order valence-corrected chi connectivity index (χ1v) is 7.89. The predicted octanol–water partition coefficient (Wildman–Crippen LogP) is 2.10. The summed E-state index contributed by atoms with van der Waals surface area (Å²) in [7, 11) is 0. The van der Waals surface area contributed by atoms with Crippen molar-refractivity contribution in [1.82, 2.24) is 15.4 Å². The number of hydrogen-bond donors (Lipinski definition) is 1. The molecule has 6 nitrogen and oxygen atoms in total. The van der Waals surface area contributed by atoms with E-state index in [1.54, 1.807) is 6.07 Å². The van der Waals surface area contributed by atoms with Gasteiger partial charge in [-0.25, -0.2) is 0 Å². The Morgan fingerprint density at radius 3 is 3.09 bits per heavy atom. The summed E-state index contributed by atoms with van der Waals surface area (Å²) in [6.07, 6.45) is 1.76. The minimum absolute atomic E-state index is 0.0639. The topological polar surface area (TPSA) is 67.6 Å². The van der Waals surface area contributed by atoms with Gasteiger partial charge in [-0.2, -0.15) is 0 Å². The van der Waals surface area contributed by atoms with Gasteiger partial charge in [0.25, 0.3) is 5.91 Å². The minimum atomic E-state index is -0.650. The van der Waals surface area contributed by atoms with Gasteiger partial charge in [0.1, 0.15) is 11.5 Å². The zero-order valence-electron chi connectivity index (χ0n) is 13.0. The van der Waals surface area contributed by atoms with Crippen LogP contribution >= 0.6 is 0 Å². The molecule has 1 N–H and O–H groups in total. The summed E-state index contributed by atoms with van der Waals surface area (Å²) in [5.41, 5.74) is 0.854. The summed E-state index contributed by atoms with van der Waals surface area (Å²) >= 11 is 0. The van der Waals surface area contributed by atoms with Gasteiger partial charge in [0.05, 0.1) is 17.8 Å². The fraction of sp³-hybridized carbons (Fsp3) is 0.412. The highest BCUT2D eigenvalue weighted by atomic mass is 16.5. The second kappa shape index (κ2) is 5.38. The summed E-state index contributed by atoms with van der Waals surface area (Å²) in [4.78, 5) is 14.6. The van der Waals surface area contributed by atoms with Crippen molar-refractivity contribution < 1.29 is 14.1 Å². The summed E-state index contributed by atoms with van der Waals surface area (Å²) in [6.45, 7) is 4.17. The largest absolute Gasteiger partial charge is 0.466 e. The molecule has 1 aromatic heterocycles. The summed E-state index contributed by atoms with van der Waals surface area (Å²) in [5, 5.41) is 7.11. The Kier molecular flexibility index (Phi) is 3.34. The van der Waals surface area contributed by atoms with E-state index in [4.69, 9.17) is 9.26 Å². The number of nitrogens with one attached hydrogen (secondary N) is 1. The number of ether oxygens (including phenoxy) is 1. The Labute approximate surface area is 134 Å². The van der Waals surface area contributed by atoms with Crippen molar-refractivity contribution in [3.8, 4) is 5.75 Å². The maximum absolute atomic E-state index is 12.4. The fourth-order valence-electron chi connectivity index (χ4n) is 3.40. The molecule has 3 heterocycles. The van der Waals surface area contributed by atoms with Crippen LogP contribution in [0.15, 0.2) is 34.9 Å². The number of carbonyl (C=O) groups is 1. The number of benzene rings is 1. The summed E-state index contributed by atoms with van der Waals surface area (Å²) < 4.78 is 11.3. The third kappa shape index (κ3) is 2.70. The number of rotatable bonds is 2. The molecule has 0 bridgehead atoms. The van der Waals surface area contributed by atoms with Crippen LogP contribution in [0.1, 0.15) is 34.7 Å². The van der Waals surface area contributed by atoms with Gasteiger partial charge in [0.2, 0.25) is 0 Å². The molecule has 0 aliphatic carbocycles. The highest BCUT2D eigenvalue weighted by Crippen LogP contribution is 2.32. The highest BCUT2D eigenvalue weighted by Gasteiger charge is 2.43. The van der Waals surface area contributed by atoms with Crippen LogP contribution in [0.25, 0.3) is 0 Å². The molecule has 120 valence electrons. The van der Waals surface area contributed by atoms with E-state index in [1.807, 2.05) is 31.2 Å². The third-order valence-electron chi connectivity index (χ3n) is 4.37. The molecule has 4 rings (SSSR count). The zero-order valence-corrected chi connectivity index (χ0v) is 13.0. The average Bonchev–Trinajstić information content (AvgIpc) is 2.92. The van der Waals surface area contributed by atoms with Crippen molar-refractivity contribution in [3.05, 3.63) is 47.3 Å². The van der Waals surface area contributed by atoms with Crippen LogP contribution in [0.3, 0.4) is 0 Å². The number of nitrogens with zero attached hydrogens (tertiary/aromatic N) is 2. The Hall–Kier alpha value is -2.34. The lowest BCUT2D eigenvalue weighted by molar-refractivity contribution is -0.0398. The molecule has 2 aliphatic rings. The minimum Gasteiger partial charge on any atom is -0.466 e. The first kappa shape index (κ1) is 14.3. The molecule has 0 saturated carbocycles. The van der Waals surface area contributed by atoms with E-state index in [-0.39, 0.29) is 5.91 Å². The molecule has 1 saturated heterocycles. The van der Waals surface area contributed by atoms with E-state index < -0.39 is 5.72 Å². The molecule has 23 heavy (non-hydrogen) atoms. The zero-order chi connectivity index (χ0) is 15.9. The van der Waals surface area contributed by atoms with Crippen LogP contribution in [-0.4, -0.2) is 34.8 Å². The fourth-order valence-corrected chi connectivity index (χ4v) is 3.40. The van der Waals surface area contributed by atoms with Gasteiger partial charge in [0, 0.05) is 19.0 Å². The average molecular weight is 313 g/mol. The molecule has 1 atom stereocenters. The van der Waals surface area contributed by atoms with Gasteiger partial charge >= 0.3 is 0 Å². The summed E-state index contributed by atoms with van der Waals surface area (Å²) in [5.74, 6) is 1.41. The second-order valence-electron chi connectivity index (χ2n) is 6.29. The van der Waals surface area contributed by atoms with Crippen molar-refractivity contribution >= 4 is 5.91 Å². The Morgan fingerprint density at radius 2 is 2.26 bits per heavy atom. The Balaban J connectivity index is 1.54. The Morgan fingerprint density at radius 1 is 1.39 bits per heavy atom. The van der Waals surface area contributed by atoms with Crippen molar-refractivity contribution in [3.63, 3.8) is 0 Å². The van der Waals surface area contributed by atoms with Gasteiger partial charge < -0.3 is 14.6 Å². The van der Waals surface area contributed by atoms with Crippen LogP contribution < -0.4 is 10.1 Å². The van der Waals surface area contributed by atoms with Gasteiger partial charge in [0.15, 0.2) is 5.72 Å². The lowest BCUT2D eigenvalue weighted by Gasteiger charge is -2.45. The van der Waals surface area contributed by atoms with Crippen molar-refractivity contribution in [2.24, 2.45) is 0 Å². The number of para-hydroxylation sites is 1. The number of amides is 1. The number of likely N-dealkylation sites (tertiary alicyclic amines) is 1. The van der Waals surface area contributed by atoms with Crippen LogP contribution in [0.2, 0.25) is 0 Å². The summed E-state index contributed by atoms with van der Waals surface area (Å²) in [6, 6.07) is 9.33. The van der Waals surface area contributed by atoms with E-state index in [9.17, 15) is 4.79 Å². The van der Waals surface area contributed by atoms with Gasteiger partial charge in [-0.3, -0.25) is 9.69 Å². The lowest BCUT2D eigenvalue weighted by Crippen LogP contribution is -2.63. The molecule has 1 spiro atoms. The van der Waals surface area contributed by atoms with E-state index in [0.29, 0.717) is 24.4 Å². The maximum Gasteiger partial charge on any atom is 0.258 e. The van der Waals surface area contributed by atoms with Crippen molar-refractivity contribution in [2.75, 3.05) is 13.1 Å². The van der Waals surface area contributed by atoms with Crippen LogP contribution in [0.4, 0.5) is 0 Å². The van der Waals surface area contributed by atoms with E-state index in [0.717, 1.165) is 30.8 Å². The van der Waals surface area contributed by atoms with Crippen molar-refractivity contribution in [1.29, 1.82) is 0 Å². The van der Waals surface area contributed by atoms with E-state index in [2.05, 4.69) is 15.4 Å². The molecule has 1 unspecified atom stereocenters. The molecular weight excluding hydrogens is 294 g/mol. The molecular formula is C17H19N3O3. The second-order valence-corrected chi connectivity index (χ2v) is 6.29. The number of aromatic nitrogens is 1. The number of piperidine rings is 1. The predicted molar refractivity (Wildman–Crippen MR) is 83.0 cm³/mol. The molecule has 1 fully saturated rings. The Bertz CT molecular complexity index is 742. The van der Waals surface area contributed by atoms with Crippen LogP contribution in [-0.2, 0) is 6.54 Å². The first-order valence-electron chi connectivity index (χ1n) is 7.89. The third-order valence-corrected chi connectivity index (χ3v) is 4.37. The van der Waals surface area contributed by atoms with E-state index in [1.165, 1.54) is 0 Å². The first-order chi connectivity index (χ1) is 11.1. The normalized spacial score (nSPS) is 24.1. The van der Waals surface area contributed by atoms with Crippen LogP contribution in [0.5, 0.6) is 5.75 Å². The quantitative estimate of drug-likeness (QED) is 0.919.